The molecule has 0 amide bonds. The van der Waals surface area contributed by atoms with Gasteiger partial charge in [0, 0.05) is 12.4 Å². The summed E-state index contributed by atoms with van der Waals surface area (Å²) in [5, 5.41) is 14.8. The highest BCUT2D eigenvalue weighted by Crippen LogP contribution is 2.47. The van der Waals surface area contributed by atoms with Gasteiger partial charge in [0.05, 0.1) is 6.04 Å². The highest BCUT2D eigenvalue weighted by atomic mass is 32.2. The first-order valence-electron chi connectivity index (χ1n) is 9.72. The molecule has 2 unspecified atom stereocenters. The summed E-state index contributed by atoms with van der Waals surface area (Å²) in [6, 6.07) is 4.09. The van der Waals surface area contributed by atoms with Gasteiger partial charge in [-0.1, -0.05) is 44.2 Å². The fourth-order valence-corrected chi connectivity index (χ4v) is 4.61. The van der Waals surface area contributed by atoms with E-state index in [1.807, 2.05) is 6.08 Å². The first kappa shape index (κ1) is 22.7. The molecule has 0 aromatic heterocycles. The van der Waals surface area contributed by atoms with E-state index in [0.29, 0.717) is 24.0 Å². The highest BCUT2D eigenvalue weighted by molar-refractivity contribution is 8.04. The zero-order valence-corrected chi connectivity index (χ0v) is 17.7. The van der Waals surface area contributed by atoms with Crippen LogP contribution in [-0.4, -0.2) is 27.8 Å². The van der Waals surface area contributed by atoms with Crippen molar-refractivity contribution in [3.05, 3.63) is 82.7 Å². The van der Waals surface area contributed by atoms with Crippen LogP contribution in [0.4, 0.5) is 17.6 Å². The van der Waals surface area contributed by atoms with Gasteiger partial charge in [-0.25, -0.2) is 4.39 Å². The summed E-state index contributed by atoms with van der Waals surface area (Å²) in [4.78, 5) is 1.44. The second-order valence-electron chi connectivity index (χ2n) is 8.25. The lowest BCUT2D eigenvalue weighted by Gasteiger charge is -2.47. The number of thioether (sulfide) groups is 1. The van der Waals surface area contributed by atoms with Crippen molar-refractivity contribution >= 4 is 11.8 Å². The van der Waals surface area contributed by atoms with Crippen LogP contribution in [0.2, 0.25) is 0 Å². The largest absolute Gasteiger partial charge is 0.419 e. The average Bonchev–Trinajstić information content (AvgIpc) is 2.69. The van der Waals surface area contributed by atoms with Crippen LogP contribution in [0.15, 0.2) is 71.3 Å². The van der Waals surface area contributed by atoms with E-state index < -0.39 is 35.5 Å². The van der Waals surface area contributed by atoms with Gasteiger partial charge in [0.2, 0.25) is 0 Å². The summed E-state index contributed by atoms with van der Waals surface area (Å²) in [5.41, 5.74) is -3.03. The van der Waals surface area contributed by atoms with Crippen LogP contribution in [0, 0.1) is 5.82 Å². The Hall–Kier alpha value is -1.99. The van der Waals surface area contributed by atoms with Crippen molar-refractivity contribution in [2.45, 2.75) is 56.3 Å². The predicted molar refractivity (Wildman–Crippen MR) is 113 cm³/mol. The van der Waals surface area contributed by atoms with E-state index in [1.54, 1.807) is 49.2 Å². The Kier molecular flexibility index (Phi) is 6.53. The third kappa shape index (κ3) is 4.67. The van der Waals surface area contributed by atoms with Gasteiger partial charge < -0.3 is 10.0 Å². The fourth-order valence-electron chi connectivity index (χ4n) is 4.10. The summed E-state index contributed by atoms with van der Waals surface area (Å²) >= 11 is 1.36. The van der Waals surface area contributed by atoms with Crippen molar-refractivity contribution < 1.29 is 22.7 Å². The third-order valence-electron chi connectivity index (χ3n) is 5.60. The second-order valence-corrected chi connectivity index (χ2v) is 9.07. The minimum absolute atomic E-state index is 0.432. The molecular weight excluding hydrogens is 414 g/mol. The SMILES string of the molecule is CC(C)(CC(O)(C(C1=CC=CCC1)N1C=CSC=C1)C(F)(F)F)c1ccc(F)cc1. The topological polar surface area (TPSA) is 23.5 Å². The average molecular weight is 440 g/mol. The summed E-state index contributed by atoms with van der Waals surface area (Å²) in [7, 11) is 0. The van der Waals surface area contributed by atoms with Crippen molar-refractivity contribution in [2.24, 2.45) is 0 Å². The fraction of sp³-hybridized carbons (Fsp3) is 0.391. The number of benzene rings is 1. The summed E-state index contributed by atoms with van der Waals surface area (Å²) in [6.07, 6.45) is 4.02. The van der Waals surface area contributed by atoms with Crippen LogP contribution >= 0.6 is 11.8 Å². The quantitative estimate of drug-likeness (QED) is 0.517. The molecule has 0 fully saturated rings. The minimum atomic E-state index is -4.89. The molecule has 1 aromatic rings. The molecule has 0 spiro atoms. The first-order chi connectivity index (χ1) is 14.0. The number of aliphatic hydroxyl groups is 1. The number of halogens is 4. The van der Waals surface area contributed by atoms with Gasteiger partial charge in [0.25, 0.3) is 0 Å². The maximum Gasteiger partial charge on any atom is 0.419 e. The summed E-state index contributed by atoms with van der Waals surface area (Å²) in [5.74, 6) is -0.459. The molecule has 1 aliphatic carbocycles. The van der Waals surface area contributed by atoms with Crippen molar-refractivity contribution in [1.29, 1.82) is 0 Å². The zero-order chi connectivity index (χ0) is 22.0. The van der Waals surface area contributed by atoms with Crippen molar-refractivity contribution in [3.8, 4) is 0 Å². The van der Waals surface area contributed by atoms with Crippen LogP contribution < -0.4 is 0 Å². The third-order valence-corrected chi connectivity index (χ3v) is 6.16. The Morgan fingerprint density at radius 2 is 1.73 bits per heavy atom. The van der Waals surface area contributed by atoms with E-state index in [-0.39, 0.29) is 0 Å². The normalized spacial score (nSPS) is 20.1. The van der Waals surface area contributed by atoms with Crippen LogP contribution in [0.3, 0.4) is 0 Å². The van der Waals surface area contributed by atoms with Gasteiger partial charge in [-0.2, -0.15) is 13.2 Å². The maximum absolute atomic E-state index is 14.5. The number of nitrogens with zero attached hydrogens (tertiary/aromatic N) is 1. The lowest BCUT2D eigenvalue weighted by Crippen LogP contribution is -2.61. The standard InChI is InChI=1S/C23H25F4NOS/c1-21(2,18-8-10-19(24)11-9-18)16-22(29,23(25,26)27)20(17-6-4-3-5-7-17)28-12-14-30-15-13-28/h3-4,6,8-15,20,29H,5,7,16H2,1-2H3. The minimum Gasteiger partial charge on any atom is -0.379 e. The summed E-state index contributed by atoms with van der Waals surface area (Å²) < 4.78 is 57.0. The maximum atomic E-state index is 14.5. The van der Waals surface area contributed by atoms with E-state index in [1.165, 1.54) is 40.9 Å². The predicted octanol–water partition coefficient (Wildman–Crippen LogP) is 6.42. The van der Waals surface area contributed by atoms with Gasteiger partial charge in [-0.15, -0.1) is 11.8 Å². The molecule has 0 saturated heterocycles. The molecule has 1 aromatic carbocycles. The lowest BCUT2D eigenvalue weighted by atomic mass is 9.70. The van der Waals surface area contributed by atoms with Crippen molar-refractivity contribution in [2.75, 3.05) is 0 Å². The molecule has 3 rings (SSSR count). The number of alkyl halides is 3. The second kappa shape index (κ2) is 8.63. The van der Waals surface area contributed by atoms with Gasteiger partial charge >= 0.3 is 6.18 Å². The van der Waals surface area contributed by atoms with Crippen LogP contribution in [0.25, 0.3) is 0 Å². The zero-order valence-electron chi connectivity index (χ0n) is 16.9. The number of hydrogen-bond acceptors (Lipinski definition) is 3. The monoisotopic (exact) mass is 439 g/mol. The Balaban J connectivity index is 2.08. The number of hydrogen-bond donors (Lipinski definition) is 1. The molecule has 2 nitrogen and oxygen atoms in total. The van der Waals surface area contributed by atoms with E-state index in [4.69, 9.17) is 0 Å². The Bertz CT molecular complexity index is 858. The molecule has 30 heavy (non-hydrogen) atoms. The molecule has 0 bridgehead atoms. The van der Waals surface area contributed by atoms with E-state index in [9.17, 15) is 22.7 Å². The molecule has 162 valence electrons. The number of rotatable bonds is 6. The van der Waals surface area contributed by atoms with E-state index in [0.717, 1.165) is 0 Å². The number of allylic oxidation sites excluding steroid dienone is 3. The van der Waals surface area contributed by atoms with Crippen molar-refractivity contribution in [3.63, 3.8) is 0 Å². The smallest absolute Gasteiger partial charge is 0.379 e. The lowest BCUT2D eigenvalue weighted by molar-refractivity contribution is -0.279. The van der Waals surface area contributed by atoms with Crippen LogP contribution in [0.1, 0.15) is 38.7 Å². The van der Waals surface area contributed by atoms with E-state index >= 15 is 0 Å². The molecule has 1 N–H and O–H groups in total. The molecular formula is C23H25F4NOS. The molecule has 2 aliphatic rings. The van der Waals surface area contributed by atoms with Gasteiger partial charge in [-0.3, -0.25) is 0 Å². The van der Waals surface area contributed by atoms with Gasteiger partial charge in [0.15, 0.2) is 5.60 Å². The van der Waals surface area contributed by atoms with E-state index in [2.05, 4.69) is 0 Å². The Labute approximate surface area is 178 Å². The van der Waals surface area contributed by atoms with Gasteiger partial charge in [-0.05, 0) is 58.8 Å². The molecule has 1 aliphatic heterocycles. The van der Waals surface area contributed by atoms with Gasteiger partial charge in [0.1, 0.15) is 5.82 Å². The van der Waals surface area contributed by atoms with Crippen molar-refractivity contribution in [1.82, 2.24) is 4.90 Å². The molecule has 0 radical (unpaired) electrons. The molecule has 0 saturated carbocycles. The molecule has 2 atom stereocenters. The molecule has 7 heteroatoms. The Morgan fingerprint density at radius 1 is 1.10 bits per heavy atom. The highest BCUT2D eigenvalue weighted by Gasteiger charge is 2.62. The summed E-state index contributed by atoms with van der Waals surface area (Å²) in [6.45, 7) is 3.28. The first-order valence-corrected chi connectivity index (χ1v) is 10.7. The Morgan fingerprint density at radius 3 is 2.27 bits per heavy atom. The molecule has 1 heterocycles. The van der Waals surface area contributed by atoms with Crippen LogP contribution in [0.5, 0.6) is 0 Å². The van der Waals surface area contributed by atoms with Crippen LogP contribution in [-0.2, 0) is 5.41 Å².